The van der Waals surface area contributed by atoms with Gasteiger partial charge in [0.25, 0.3) is 0 Å². The van der Waals surface area contributed by atoms with Crippen molar-refractivity contribution < 1.29 is 4.74 Å². The largest absolute Gasteiger partial charge is 0.492 e. The molecule has 0 radical (unpaired) electrons. The van der Waals surface area contributed by atoms with Crippen LogP contribution in [0.1, 0.15) is 25.0 Å². The van der Waals surface area contributed by atoms with Crippen LogP contribution in [0.3, 0.4) is 0 Å². The number of hydrogen-bond donors (Lipinski definition) is 1. The Morgan fingerprint density at radius 1 is 1.45 bits per heavy atom. The average Bonchev–Trinajstić information content (AvgIpc) is 2.56. The van der Waals surface area contributed by atoms with Gasteiger partial charge in [0.2, 0.25) is 0 Å². The van der Waals surface area contributed by atoms with Gasteiger partial charge in [0.15, 0.2) is 0 Å². The van der Waals surface area contributed by atoms with Crippen LogP contribution >= 0.6 is 11.9 Å². The van der Waals surface area contributed by atoms with Crippen LogP contribution in [-0.2, 0) is 6.42 Å². The third-order valence-electron chi connectivity index (χ3n) is 3.37. The minimum Gasteiger partial charge on any atom is -0.492 e. The third kappa shape index (κ3) is 5.83. The summed E-state index contributed by atoms with van der Waals surface area (Å²) < 4.78 is 8.03. The van der Waals surface area contributed by atoms with Crippen LogP contribution in [0.5, 0.6) is 5.75 Å². The smallest absolute Gasteiger partial charge is 0.126 e. The van der Waals surface area contributed by atoms with Crippen molar-refractivity contribution in [1.82, 2.24) is 9.84 Å². The maximum atomic E-state index is 5.99. The van der Waals surface area contributed by atoms with Crippen molar-refractivity contribution in [3.63, 3.8) is 0 Å². The highest BCUT2D eigenvalue weighted by Crippen LogP contribution is 2.27. The lowest BCUT2D eigenvalue weighted by Crippen LogP contribution is -2.31. The molecule has 0 fully saturated rings. The minimum atomic E-state index is 0.634. The number of nitrogens with one attached hydrogen (secondary N) is 1. The summed E-state index contributed by atoms with van der Waals surface area (Å²) in [5.74, 6) is 0.924. The van der Waals surface area contributed by atoms with E-state index in [0.717, 1.165) is 29.9 Å². The number of ether oxygens (including phenoxy) is 1. The van der Waals surface area contributed by atoms with E-state index in [9.17, 15) is 0 Å². The molecule has 0 aromatic heterocycles. The van der Waals surface area contributed by atoms with Gasteiger partial charge in [-0.25, -0.2) is 5.43 Å². The molecular weight excluding hydrogens is 294 g/mol. The maximum Gasteiger partial charge on any atom is 0.126 e. The van der Waals surface area contributed by atoms with E-state index in [-0.39, 0.29) is 0 Å². The molecule has 0 saturated heterocycles. The van der Waals surface area contributed by atoms with E-state index in [1.54, 1.807) is 19.0 Å². The molecule has 0 bridgehead atoms. The van der Waals surface area contributed by atoms with Crippen LogP contribution in [-0.4, -0.2) is 44.1 Å². The number of benzene rings is 1. The lowest BCUT2D eigenvalue weighted by molar-refractivity contribution is 0.260. The van der Waals surface area contributed by atoms with Gasteiger partial charge in [0.1, 0.15) is 12.4 Å². The van der Waals surface area contributed by atoms with Crippen LogP contribution in [0.15, 0.2) is 29.3 Å². The zero-order valence-electron chi connectivity index (χ0n) is 14.2. The molecule has 0 aliphatic heterocycles. The molecule has 0 spiro atoms. The number of hydrazine groups is 1. The molecule has 1 rings (SSSR count). The highest BCUT2D eigenvalue weighted by atomic mass is 32.2. The maximum absolute atomic E-state index is 5.99. The Labute approximate surface area is 138 Å². The highest BCUT2D eigenvalue weighted by molar-refractivity contribution is 7.96. The SMILES string of the molecule is CCc1ccc(OCCN(NC)SC)c(/C(C)=C/C=N\C)c1. The van der Waals surface area contributed by atoms with Crippen molar-refractivity contribution in [1.29, 1.82) is 0 Å². The highest BCUT2D eigenvalue weighted by Gasteiger charge is 2.08. The Balaban J connectivity index is 2.89. The van der Waals surface area contributed by atoms with E-state index in [0.29, 0.717) is 6.61 Å². The number of hydrogen-bond acceptors (Lipinski definition) is 5. The Morgan fingerprint density at radius 2 is 2.23 bits per heavy atom. The summed E-state index contributed by atoms with van der Waals surface area (Å²) in [6.07, 6.45) is 6.88. The van der Waals surface area contributed by atoms with Gasteiger partial charge < -0.3 is 4.74 Å². The summed E-state index contributed by atoms with van der Waals surface area (Å²) in [5.41, 5.74) is 6.72. The molecule has 0 aliphatic rings. The molecule has 0 saturated carbocycles. The number of rotatable bonds is 9. The summed E-state index contributed by atoms with van der Waals surface area (Å²) in [4.78, 5) is 4.02. The Kier molecular flexibility index (Phi) is 8.89. The Morgan fingerprint density at radius 3 is 2.82 bits per heavy atom. The van der Waals surface area contributed by atoms with Crippen molar-refractivity contribution in [3.8, 4) is 5.75 Å². The van der Waals surface area contributed by atoms with Crippen molar-refractivity contribution in [3.05, 3.63) is 35.4 Å². The molecule has 0 amide bonds. The van der Waals surface area contributed by atoms with Crippen molar-refractivity contribution in [2.24, 2.45) is 4.99 Å². The molecule has 122 valence electrons. The number of aryl methyl sites for hydroxylation is 1. The number of nitrogens with zero attached hydrogens (tertiary/aromatic N) is 2. The normalized spacial score (nSPS) is 12.4. The predicted octanol–water partition coefficient (Wildman–Crippen LogP) is 3.45. The van der Waals surface area contributed by atoms with Crippen LogP contribution in [0.2, 0.25) is 0 Å². The van der Waals surface area contributed by atoms with Crippen LogP contribution in [0.4, 0.5) is 0 Å². The molecule has 5 heteroatoms. The first-order valence-corrected chi connectivity index (χ1v) is 8.68. The van der Waals surface area contributed by atoms with E-state index in [2.05, 4.69) is 42.5 Å². The second-order valence-corrected chi connectivity index (χ2v) is 5.60. The van der Waals surface area contributed by atoms with Gasteiger partial charge in [0.05, 0.1) is 6.54 Å². The molecule has 0 unspecified atom stereocenters. The summed E-state index contributed by atoms with van der Waals surface area (Å²) in [7, 11) is 3.69. The molecule has 1 aromatic rings. The van der Waals surface area contributed by atoms with E-state index < -0.39 is 0 Å². The van der Waals surface area contributed by atoms with Gasteiger partial charge in [-0.05, 0) is 56.0 Å². The second-order valence-electron chi connectivity index (χ2n) is 4.80. The van der Waals surface area contributed by atoms with E-state index in [1.165, 1.54) is 5.56 Å². The van der Waals surface area contributed by atoms with E-state index in [4.69, 9.17) is 4.74 Å². The molecule has 4 nitrogen and oxygen atoms in total. The fraction of sp³-hybridized carbons (Fsp3) is 0.471. The molecule has 0 heterocycles. The summed E-state index contributed by atoms with van der Waals surface area (Å²) >= 11 is 1.65. The molecular formula is C17H27N3OS. The van der Waals surface area contributed by atoms with E-state index in [1.807, 2.05) is 30.0 Å². The fourth-order valence-electron chi connectivity index (χ4n) is 2.04. The van der Waals surface area contributed by atoms with Gasteiger partial charge >= 0.3 is 0 Å². The standard InChI is InChI=1S/C17H27N3OS/c1-6-15-7-8-17(21-12-11-20(19-4)22-5)16(13-15)14(2)9-10-18-3/h7-10,13,19H,6,11-12H2,1-5H3/b14-9+,18-10-. The second kappa shape index (κ2) is 10.4. The van der Waals surface area contributed by atoms with Gasteiger partial charge in [0, 0.05) is 18.8 Å². The fourth-order valence-corrected chi connectivity index (χ4v) is 2.48. The van der Waals surface area contributed by atoms with Gasteiger partial charge in [-0.2, -0.15) is 4.41 Å². The van der Waals surface area contributed by atoms with Gasteiger partial charge in [-0.15, -0.1) is 0 Å². The average molecular weight is 321 g/mol. The quantitative estimate of drug-likeness (QED) is 0.429. The summed E-state index contributed by atoms with van der Waals surface area (Å²) in [6, 6.07) is 6.40. The molecule has 0 atom stereocenters. The van der Waals surface area contributed by atoms with Crippen molar-refractivity contribution in [2.75, 3.05) is 33.5 Å². The van der Waals surface area contributed by atoms with Gasteiger partial charge in [-0.3, -0.25) is 4.99 Å². The zero-order valence-corrected chi connectivity index (χ0v) is 15.0. The summed E-state index contributed by atoms with van der Waals surface area (Å²) in [5, 5.41) is 0. The lowest BCUT2D eigenvalue weighted by Gasteiger charge is -2.19. The molecule has 0 aliphatic carbocycles. The lowest BCUT2D eigenvalue weighted by atomic mass is 10.0. The number of aliphatic imine (C=N–C) groups is 1. The topological polar surface area (TPSA) is 36.9 Å². The first kappa shape index (κ1) is 18.7. The molecule has 22 heavy (non-hydrogen) atoms. The monoisotopic (exact) mass is 321 g/mol. The summed E-state index contributed by atoms with van der Waals surface area (Å²) in [6.45, 7) is 5.70. The first-order chi connectivity index (χ1) is 10.7. The first-order valence-electron chi connectivity index (χ1n) is 7.50. The van der Waals surface area contributed by atoms with Crippen molar-refractivity contribution in [2.45, 2.75) is 20.3 Å². The van der Waals surface area contributed by atoms with E-state index >= 15 is 0 Å². The number of allylic oxidation sites excluding steroid dienone is 2. The Hall–Kier alpha value is -1.30. The van der Waals surface area contributed by atoms with Crippen molar-refractivity contribution >= 4 is 23.7 Å². The zero-order chi connectivity index (χ0) is 16.4. The molecule has 1 N–H and O–H groups in total. The minimum absolute atomic E-state index is 0.634. The Bertz CT molecular complexity index is 511. The van der Waals surface area contributed by atoms with Crippen LogP contribution < -0.4 is 10.2 Å². The predicted molar refractivity (Wildman–Crippen MR) is 98.7 cm³/mol. The molecule has 1 aromatic carbocycles. The van der Waals surface area contributed by atoms with Gasteiger partial charge in [-0.1, -0.05) is 24.9 Å². The van der Waals surface area contributed by atoms with Crippen LogP contribution in [0.25, 0.3) is 5.57 Å². The third-order valence-corrected chi connectivity index (χ3v) is 4.18. The van der Waals surface area contributed by atoms with Crippen LogP contribution in [0, 0.1) is 0 Å².